The maximum absolute atomic E-state index is 13.0. The van der Waals surface area contributed by atoms with E-state index in [0.717, 1.165) is 5.56 Å². The van der Waals surface area contributed by atoms with Gasteiger partial charge in [0, 0.05) is 5.56 Å². The van der Waals surface area contributed by atoms with Gasteiger partial charge in [-0.15, -0.1) is 0 Å². The maximum Gasteiger partial charge on any atom is 0.343 e. The number of benzene rings is 3. The predicted molar refractivity (Wildman–Crippen MR) is 111 cm³/mol. The van der Waals surface area contributed by atoms with E-state index in [1.165, 1.54) is 37.6 Å². The number of esters is 1. The van der Waals surface area contributed by atoms with Gasteiger partial charge in [0.2, 0.25) is 0 Å². The van der Waals surface area contributed by atoms with Crippen molar-refractivity contribution >= 4 is 18.1 Å². The van der Waals surface area contributed by atoms with Crippen LogP contribution in [0.4, 0.5) is 4.39 Å². The van der Waals surface area contributed by atoms with Crippen LogP contribution in [0.3, 0.4) is 0 Å². The van der Waals surface area contributed by atoms with Crippen LogP contribution in [0.1, 0.15) is 31.8 Å². The number of aryl methyl sites for hydroxylation is 1. The summed E-state index contributed by atoms with van der Waals surface area (Å²) in [7, 11) is 1.44. The first-order chi connectivity index (χ1) is 14.5. The van der Waals surface area contributed by atoms with Gasteiger partial charge < -0.3 is 9.47 Å². The van der Waals surface area contributed by atoms with Crippen molar-refractivity contribution in [1.82, 2.24) is 5.43 Å². The summed E-state index contributed by atoms with van der Waals surface area (Å²) in [4.78, 5) is 24.3. The number of carbonyl (C=O) groups is 2. The first-order valence-corrected chi connectivity index (χ1v) is 9.02. The van der Waals surface area contributed by atoms with Crippen LogP contribution in [0.2, 0.25) is 0 Å². The Morgan fingerprint density at radius 2 is 1.60 bits per heavy atom. The average Bonchev–Trinajstić information content (AvgIpc) is 2.75. The molecule has 1 N–H and O–H groups in total. The van der Waals surface area contributed by atoms with Crippen molar-refractivity contribution < 1.29 is 23.5 Å². The fraction of sp³-hybridized carbons (Fsp3) is 0.0870. The van der Waals surface area contributed by atoms with Crippen molar-refractivity contribution in [1.29, 1.82) is 0 Å². The Labute approximate surface area is 173 Å². The van der Waals surface area contributed by atoms with Gasteiger partial charge in [-0.2, -0.15) is 5.10 Å². The third-order valence-corrected chi connectivity index (χ3v) is 4.16. The minimum atomic E-state index is -0.639. The zero-order valence-electron chi connectivity index (χ0n) is 16.4. The lowest BCUT2D eigenvalue weighted by Crippen LogP contribution is -2.17. The molecule has 0 heterocycles. The summed E-state index contributed by atoms with van der Waals surface area (Å²) in [5.41, 5.74) is 4.84. The molecule has 1 amide bonds. The molecule has 0 aliphatic carbocycles. The van der Waals surface area contributed by atoms with Gasteiger partial charge in [-0.1, -0.05) is 17.7 Å². The standard InChI is InChI=1S/C23H19FN2O4/c1-15-3-6-17(7-4-15)22(27)26-25-14-16-5-12-20(21(13-16)29-2)30-23(28)18-8-10-19(24)11-9-18/h3-14H,1-2H3,(H,26,27)/b25-14+. The number of hydrogen-bond acceptors (Lipinski definition) is 5. The number of nitrogens with one attached hydrogen (secondary N) is 1. The Hall–Kier alpha value is -4.00. The molecule has 152 valence electrons. The van der Waals surface area contributed by atoms with Crippen molar-refractivity contribution in [3.05, 3.63) is 94.8 Å². The van der Waals surface area contributed by atoms with Crippen molar-refractivity contribution in [2.24, 2.45) is 5.10 Å². The summed E-state index contributed by atoms with van der Waals surface area (Å²) in [6.45, 7) is 1.94. The van der Waals surface area contributed by atoms with E-state index in [1.807, 2.05) is 19.1 Å². The predicted octanol–water partition coefficient (Wildman–Crippen LogP) is 4.13. The molecule has 0 unspecified atom stereocenters. The molecule has 0 aliphatic heterocycles. The molecule has 0 saturated carbocycles. The second-order valence-corrected chi connectivity index (χ2v) is 6.37. The van der Waals surface area contributed by atoms with Gasteiger partial charge in [0.25, 0.3) is 5.91 Å². The van der Waals surface area contributed by atoms with E-state index in [0.29, 0.717) is 16.9 Å². The fourth-order valence-electron chi connectivity index (χ4n) is 2.53. The van der Waals surface area contributed by atoms with E-state index in [4.69, 9.17) is 9.47 Å². The van der Waals surface area contributed by atoms with Crippen molar-refractivity contribution in [2.45, 2.75) is 6.92 Å². The van der Waals surface area contributed by atoms with Crippen LogP contribution in [0, 0.1) is 12.7 Å². The third kappa shape index (κ3) is 5.29. The van der Waals surface area contributed by atoms with Gasteiger partial charge >= 0.3 is 5.97 Å². The van der Waals surface area contributed by atoms with Crippen LogP contribution in [-0.2, 0) is 0 Å². The Bertz CT molecular complexity index is 1080. The van der Waals surface area contributed by atoms with E-state index in [9.17, 15) is 14.0 Å². The molecule has 3 rings (SSSR count). The van der Waals surface area contributed by atoms with Crippen LogP contribution < -0.4 is 14.9 Å². The molecule has 0 radical (unpaired) electrons. The number of halogens is 1. The molecule has 0 bridgehead atoms. The van der Waals surface area contributed by atoms with Gasteiger partial charge in [0.15, 0.2) is 11.5 Å². The molecule has 0 spiro atoms. The quantitative estimate of drug-likeness (QED) is 0.289. The number of nitrogens with zero attached hydrogens (tertiary/aromatic N) is 1. The van der Waals surface area contributed by atoms with Crippen LogP contribution in [0.5, 0.6) is 11.5 Å². The monoisotopic (exact) mass is 406 g/mol. The molecule has 7 heteroatoms. The number of methoxy groups -OCH3 is 1. The normalized spacial score (nSPS) is 10.6. The van der Waals surface area contributed by atoms with Crippen molar-refractivity contribution in [2.75, 3.05) is 7.11 Å². The largest absolute Gasteiger partial charge is 0.493 e. The molecule has 0 saturated heterocycles. The van der Waals surface area contributed by atoms with E-state index in [2.05, 4.69) is 10.5 Å². The number of carbonyl (C=O) groups excluding carboxylic acids is 2. The minimum Gasteiger partial charge on any atom is -0.493 e. The zero-order valence-corrected chi connectivity index (χ0v) is 16.4. The second kappa shape index (κ2) is 9.47. The highest BCUT2D eigenvalue weighted by Gasteiger charge is 2.13. The van der Waals surface area contributed by atoms with Crippen LogP contribution in [0.25, 0.3) is 0 Å². The SMILES string of the molecule is COc1cc(/C=N/NC(=O)c2ccc(C)cc2)ccc1OC(=O)c1ccc(F)cc1. The topological polar surface area (TPSA) is 77.0 Å². The minimum absolute atomic E-state index is 0.202. The van der Waals surface area contributed by atoms with Gasteiger partial charge in [-0.05, 0) is 67.1 Å². The number of hydrogen-bond donors (Lipinski definition) is 1. The summed E-state index contributed by atoms with van der Waals surface area (Å²) in [6, 6.07) is 16.9. The molecule has 0 fully saturated rings. The summed E-state index contributed by atoms with van der Waals surface area (Å²) < 4.78 is 23.6. The molecule has 30 heavy (non-hydrogen) atoms. The molecule has 0 aliphatic rings. The lowest BCUT2D eigenvalue weighted by atomic mass is 10.1. The molecule has 3 aromatic carbocycles. The highest BCUT2D eigenvalue weighted by atomic mass is 19.1. The molecule has 0 atom stereocenters. The maximum atomic E-state index is 13.0. The van der Waals surface area contributed by atoms with Crippen LogP contribution >= 0.6 is 0 Å². The number of amides is 1. The van der Waals surface area contributed by atoms with Gasteiger partial charge in [-0.25, -0.2) is 14.6 Å². The van der Waals surface area contributed by atoms with E-state index in [1.54, 1.807) is 30.3 Å². The lowest BCUT2D eigenvalue weighted by Gasteiger charge is -2.10. The molecular weight excluding hydrogens is 387 g/mol. The first-order valence-electron chi connectivity index (χ1n) is 9.02. The summed E-state index contributed by atoms with van der Waals surface area (Å²) >= 11 is 0. The van der Waals surface area contributed by atoms with E-state index < -0.39 is 11.8 Å². The number of rotatable bonds is 6. The van der Waals surface area contributed by atoms with Gasteiger partial charge in [-0.3, -0.25) is 4.79 Å². The average molecular weight is 406 g/mol. The molecule has 3 aromatic rings. The zero-order chi connectivity index (χ0) is 21.5. The van der Waals surface area contributed by atoms with Gasteiger partial charge in [0.05, 0.1) is 18.9 Å². The Morgan fingerprint density at radius 3 is 2.27 bits per heavy atom. The molecule has 0 aromatic heterocycles. The van der Waals surface area contributed by atoms with E-state index >= 15 is 0 Å². The Morgan fingerprint density at radius 1 is 0.933 bits per heavy atom. The highest BCUT2D eigenvalue weighted by Crippen LogP contribution is 2.28. The van der Waals surface area contributed by atoms with Gasteiger partial charge in [0.1, 0.15) is 5.82 Å². The molecule has 6 nitrogen and oxygen atoms in total. The van der Waals surface area contributed by atoms with E-state index in [-0.39, 0.29) is 17.2 Å². The first kappa shape index (κ1) is 20.7. The van der Waals surface area contributed by atoms with Crippen LogP contribution in [-0.4, -0.2) is 25.2 Å². The number of hydrazone groups is 1. The highest BCUT2D eigenvalue weighted by molar-refractivity contribution is 5.95. The van der Waals surface area contributed by atoms with Crippen LogP contribution in [0.15, 0.2) is 71.8 Å². The second-order valence-electron chi connectivity index (χ2n) is 6.37. The third-order valence-electron chi connectivity index (χ3n) is 4.16. The molecular formula is C23H19FN2O4. The summed E-state index contributed by atoms with van der Waals surface area (Å²) in [6.07, 6.45) is 1.44. The summed E-state index contributed by atoms with van der Waals surface area (Å²) in [5.74, 6) is -0.905. The Kier molecular flexibility index (Phi) is 6.54. The lowest BCUT2D eigenvalue weighted by molar-refractivity contribution is 0.0729. The Balaban J connectivity index is 1.66. The smallest absolute Gasteiger partial charge is 0.343 e. The fourth-order valence-corrected chi connectivity index (χ4v) is 2.53. The number of ether oxygens (including phenoxy) is 2. The van der Waals surface area contributed by atoms with Crippen molar-refractivity contribution in [3.8, 4) is 11.5 Å². The van der Waals surface area contributed by atoms with Crippen molar-refractivity contribution in [3.63, 3.8) is 0 Å². The summed E-state index contributed by atoms with van der Waals surface area (Å²) in [5, 5.41) is 3.94.